The van der Waals surface area contributed by atoms with E-state index >= 15 is 0 Å². The molecule has 1 atom stereocenters. The number of nitrogens with zero attached hydrogens (tertiary/aromatic N) is 5. The van der Waals surface area contributed by atoms with Crippen molar-refractivity contribution in [2.75, 3.05) is 134 Å². The van der Waals surface area contributed by atoms with Crippen LogP contribution in [0.4, 0.5) is 27.9 Å². The number of hydrogen-bond donors (Lipinski definition) is 1. The number of methoxy groups -OCH3 is 1. The van der Waals surface area contributed by atoms with Crippen LogP contribution in [0.15, 0.2) is 76.4 Å². The van der Waals surface area contributed by atoms with Crippen LogP contribution in [-0.2, 0) is 23.7 Å². The van der Waals surface area contributed by atoms with Gasteiger partial charge < -0.3 is 53.0 Å². The molecule has 16 heteroatoms. The van der Waals surface area contributed by atoms with Crippen LogP contribution in [0.1, 0.15) is 12.0 Å². The van der Waals surface area contributed by atoms with Crippen molar-refractivity contribution < 1.29 is 37.9 Å². The van der Waals surface area contributed by atoms with Crippen molar-refractivity contribution in [3.05, 3.63) is 75.3 Å². The molecule has 0 radical (unpaired) electrons. The van der Waals surface area contributed by atoms with Gasteiger partial charge in [0.2, 0.25) is 5.13 Å². The number of benzene rings is 3. The van der Waals surface area contributed by atoms with E-state index < -0.39 is 0 Å². The molecular formula is C42H55IN6O8S. The number of azo groups is 1. The highest BCUT2D eigenvalue weighted by Gasteiger charge is 2.19. The van der Waals surface area contributed by atoms with Crippen molar-refractivity contribution in [3.8, 4) is 17.2 Å². The van der Waals surface area contributed by atoms with Crippen LogP contribution in [0.3, 0.4) is 0 Å². The van der Waals surface area contributed by atoms with Gasteiger partial charge in [0, 0.05) is 60.5 Å². The molecule has 0 aliphatic carbocycles. The van der Waals surface area contributed by atoms with Crippen LogP contribution < -0.4 is 29.3 Å². The number of anilines is 3. The lowest BCUT2D eigenvalue weighted by Gasteiger charge is -2.29. The van der Waals surface area contributed by atoms with Gasteiger partial charge in [0.15, 0.2) is 0 Å². The molecule has 1 aromatic heterocycles. The molecule has 2 aliphatic rings. The Balaban J connectivity index is 1.32. The summed E-state index contributed by atoms with van der Waals surface area (Å²) in [5.74, 6) is 2.45. The van der Waals surface area contributed by atoms with E-state index in [1.54, 1.807) is 13.3 Å². The Morgan fingerprint density at radius 3 is 2.28 bits per heavy atom. The predicted octanol–water partition coefficient (Wildman–Crippen LogP) is 7.78. The quantitative estimate of drug-likeness (QED) is 0.0842. The highest BCUT2D eigenvalue weighted by Crippen LogP contribution is 2.35. The zero-order chi connectivity index (χ0) is 40.2. The highest BCUT2D eigenvalue weighted by atomic mass is 127. The number of aryl methyl sites for hydroxylation is 1. The predicted molar refractivity (Wildman–Crippen MR) is 236 cm³/mol. The molecule has 0 saturated carbocycles. The van der Waals surface area contributed by atoms with Gasteiger partial charge in [0.05, 0.1) is 88.7 Å². The first-order chi connectivity index (χ1) is 28.6. The smallest absolute Gasteiger partial charge is 0.229 e. The lowest BCUT2D eigenvalue weighted by atomic mass is 10.1. The van der Waals surface area contributed by atoms with Crippen LogP contribution in [0.25, 0.3) is 0 Å². The summed E-state index contributed by atoms with van der Waals surface area (Å²) < 4.78 is 50.3. The molecule has 314 valence electrons. The Hall–Kier alpha value is -3.78. The van der Waals surface area contributed by atoms with E-state index in [1.807, 2.05) is 23.6 Å². The molecule has 3 aromatic carbocycles. The Labute approximate surface area is 359 Å². The SMILES string of the molecule is COCCOc1cc(N=Nc2nccs2)ccc1N1CCOc2cc(I)ccc2NCC2CCOCCOCCN(CCOCCOC2)c2ccc(C)cc2OCC1. The Morgan fingerprint density at radius 1 is 0.776 bits per heavy atom. The van der Waals surface area contributed by atoms with E-state index in [0.717, 1.165) is 44.1 Å². The normalized spacial score (nSPS) is 18.6. The summed E-state index contributed by atoms with van der Waals surface area (Å²) in [6.07, 6.45) is 2.55. The summed E-state index contributed by atoms with van der Waals surface area (Å²) in [4.78, 5) is 8.73. The summed E-state index contributed by atoms with van der Waals surface area (Å²) in [5.41, 5.74) is 4.54. The zero-order valence-corrected chi connectivity index (χ0v) is 36.4. The summed E-state index contributed by atoms with van der Waals surface area (Å²) in [6.45, 7) is 11.2. The molecule has 0 spiro atoms. The number of aromatic nitrogens is 1. The largest absolute Gasteiger partial charge is 0.490 e. The van der Waals surface area contributed by atoms with Crippen molar-refractivity contribution in [2.24, 2.45) is 16.1 Å². The number of halogens is 1. The molecule has 2 bridgehead atoms. The highest BCUT2D eigenvalue weighted by molar-refractivity contribution is 14.1. The molecule has 4 aromatic rings. The minimum Gasteiger partial charge on any atom is -0.490 e. The molecule has 1 fully saturated rings. The van der Waals surface area contributed by atoms with Crippen LogP contribution in [0.2, 0.25) is 0 Å². The first-order valence-corrected chi connectivity index (χ1v) is 21.8. The first-order valence-electron chi connectivity index (χ1n) is 19.8. The molecule has 2 aliphatic heterocycles. The molecule has 3 heterocycles. The van der Waals surface area contributed by atoms with E-state index in [9.17, 15) is 0 Å². The Morgan fingerprint density at radius 2 is 1.50 bits per heavy atom. The van der Waals surface area contributed by atoms with Gasteiger partial charge in [-0.05, 0) is 84.0 Å². The number of rotatable bonds is 7. The lowest BCUT2D eigenvalue weighted by molar-refractivity contribution is 0.0240. The van der Waals surface area contributed by atoms with E-state index in [4.69, 9.17) is 37.9 Å². The van der Waals surface area contributed by atoms with Gasteiger partial charge in [-0.3, -0.25) is 0 Å². The minimum absolute atomic E-state index is 0.216. The second kappa shape index (κ2) is 24.3. The van der Waals surface area contributed by atoms with Crippen molar-refractivity contribution >= 4 is 61.8 Å². The molecular weight excluding hydrogens is 875 g/mol. The van der Waals surface area contributed by atoms with E-state index in [2.05, 4.69) is 96.2 Å². The van der Waals surface area contributed by atoms with Gasteiger partial charge >= 0.3 is 0 Å². The standard InChI is InChI=1S/C42H55IN6O8S/c1-32-3-7-37-40(27-32)56-19-14-49(38-8-5-35(29-41(38)57-25-20-50-2)46-47-42-44-10-26-58-42)13-18-55-39-28-34(43)4-6-36(39)45-30-33-9-15-51-21-22-52-16-11-48(37)12-17-53-23-24-54-31-33/h3-8,10,26-29,33,45H,9,11-25,30-31H2,1-2H3. The third-order valence-corrected chi connectivity index (χ3v) is 10.8. The molecule has 6 rings (SSSR count). The van der Waals surface area contributed by atoms with Crippen LogP contribution in [-0.4, -0.2) is 124 Å². The minimum atomic E-state index is 0.216. The van der Waals surface area contributed by atoms with Crippen molar-refractivity contribution in [3.63, 3.8) is 0 Å². The number of nitrogens with one attached hydrogen (secondary N) is 1. The fourth-order valence-corrected chi connectivity index (χ4v) is 7.35. The lowest BCUT2D eigenvalue weighted by Crippen LogP contribution is -2.34. The monoisotopic (exact) mass is 930 g/mol. The molecule has 1 N–H and O–H groups in total. The maximum absolute atomic E-state index is 6.68. The summed E-state index contributed by atoms with van der Waals surface area (Å²) in [7, 11) is 1.66. The third kappa shape index (κ3) is 14.2. The van der Waals surface area contributed by atoms with Gasteiger partial charge in [-0.2, -0.15) is 0 Å². The van der Waals surface area contributed by atoms with Gasteiger partial charge in [-0.15, -0.1) is 21.6 Å². The molecule has 1 saturated heterocycles. The average Bonchev–Trinajstić information content (AvgIpc) is 3.75. The summed E-state index contributed by atoms with van der Waals surface area (Å²) in [5, 5.41) is 14.9. The second-order valence-corrected chi connectivity index (χ2v) is 15.9. The number of hydrogen-bond acceptors (Lipinski definition) is 15. The van der Waals surface area contributed by atoms with Crippen molar-refractivity contribution in [1.29, 1.82) is 0 Å². The number of fused-ring (bicyclic) bond motifs is 11. The van der Waals surface area contributed by atoms with Crippen molar-refractivity contribution in [1.82, 2.24) is 4.98 Å². The Bertz CT molecular complexity index is 1840. The van der Waals surface area contributed by atoms with Crippen LogP contribution in [0, 0.1) is 16.4 Å². The Kier molecular flexibility index (Phi) is 18.4. The number of thiazole rings is 1. The van der Waals surface area contributed by atoms with E-state index in [1.165, 1.54) is 11.3 Å². The molecule has 58 heavy (non-hydrogen) atoms. The fraction of sp³-hybridized carbons (Fsp3) is 0.500. The maximum atomic E-state index is 6.68. The van der Waals surface area contributed by atoms with E-state index in [-0.39, 0.29) is 5.92 Å². The van der Waals surface area contributed by atoms with Crippen molar-refractivity contribution in [2.45, 2.75) is 13.3 Å². The average molecular weight is 931 g/mol. The van der Waals surface area contributed by atoms with Gasteiger partial charge in [0.25, 0.3) is 0 Å². The second-order valence-electron chi connectivity index (χ2n) is 13.7. The summed E-state index contributed by atoms with van der Waals surface area (Å²) in [6, 6.07) is 18.4. The van der Waals surface area contributed by atoms with Crippen LogP contribution >= 0.6 is 33.9 Å². The zero-order valence-electron chi connectivity index (χ0n) is 33.4. The van der Waals surface area contributed by atoms with E-state index in [0.29, 0.717) is 129 Å². The van der Waals surface area contributed by atoms with Gasteiger partial charge in [-0.1, -0.05) is 6.07 Å². The number of ether oxygens (including phenoxy) is 8. The molecule has 1 unspecified atom stereocenters. The summed E-state index contributed by atoms with van der Waals surface area (Å²) >= 11 is 3.75. The third-order valence-electron chi connectivity index (χ3n) is 9.50. The topological polar surface area (TPSA) is 130 Å². The molecule has 0 amide bonds. The van der Waals surface area contributed by atoms with Crippen LogP contribution in [0.5, 0.6) is 17.2 Å². The maximum Gasteiger partial charge on any atom is 0.229 e. The van der Waals surface area contributed by atoms with Gasteiger partial charge in [0.1, 0.15) is 37.1 Å². The fourth-order valence-electron chi connectivity index (χ4n) is 6.43. The first kappa shape index (κ1) is 43.8. The van der Waals surface area contributed by atoms with Gasteiger partial charge in [-0.25, -0.2) is 4.98 Å². The molecule has 14 nitrogen and oxygen atoms in total.